The van der Waals surface area contributed by atoms with Crippen molar-refractivity contribution < 1.29 is 14.3 Å². The van der Waals surface area contributed by atoms with Gasteiger partial charge in [-0.25, -0.2) is 0 Å². The number of hydrogen-bond acceptors (Lipinski definition) is 5. The summed E-state index contributed by atoms with van der Waals surface area (Å²) < 4.78 is 10.3. The predicted molar refractivity (Wildman–Crippen MR) is 49.7 cm³/mol. The van der Waals surface area contributed by atoms with Crippen LogP contribution in [0.2, 0.25) is 0 Å². The highest BCUT2D eigenvalue weighted by Gasteiger charge is 2.43. The Hall–Kier alpha value is -0.650. The molecule has 2 heterocycles. The van der Waals surface area contributed by atoms with Gasteiger partial charge in [0, 0.05) is 12.8 Å². The summed E-state index contributed by atoms with van der Waals surface area (Å²) in [6.07, 6.45) is 1.81. The molecule has 0 aromatic rings. The lowest BCUT2D eigenvalue weighted by Gasteiger charge is -2.33. The van der Waals surface area contributed by atoms with Crippen molar-refractivity contribution in [2.24, 2.45) is 0 Å². The van der Waals surface area contributed by atoms with E-state index in [0.717, 1.165) is 25.9 Å². The summed E-state index contributed by atoms with van der Waals surface area (Å²) >= 11 is 0. The molecule has 5 nitrogen and oxygen atoms in total. The summed E-state index contributed by atoms with van der Waals surface area (Å²) in [6.45, 7) is 2.29. The summed E-state index contributed by atoms with van der Waals surface area (Å²) in [5, 5.41) is 6.48. The second kappa shape index (κ2) is 3.84. The van der Waals surface area contributed by atoms with E-state index in [9.17, 15) is 4.79 Å². The molecule has 80 valence electrons. The third kappa shape index (κ3) is 1.75. The van der Waals surface area contributed by atoms with E-state index in [1.54, 1.807) is 0 Å². The molecule has 14 heavy (non-hydrogen) atoms. The Morgan fingerprint density at radius 2 is 2.21 bits per heavy atom. The number of nitrogens with one attached hydrogen (secondary N) is 2. The van der Waals surface area contributed by atoms with Gasteiger partial charge in [0.2, 0.25) is 0 Å². The summed E-state index contributed by atoms with van der Waals surface area (Å²) in [4.78, 5) is 11.3. The van der Waals surface area contributed by atoms with Crippen molar-refractivity contribution in [3.63, 3.8) is 0 Å². The van der Waals surface area contributed by atoms with E-state index in [2.05, 4.69) is 15.4 Å². The fraction of sp³-hybridized carbons (Fsp3) is 0.889. The van der Waals surface area contributed by atoms with Crippen LogP contribution in [-0.2, 0) is 14.3 Å². The topological polar surface area (TPSA) is 59.6 Å². The smallest absolute Gasteiger partial charge is 0.325 e. The van der Waals surface area contributed by atoms with Crippen LogP contribution < -0.4 is 10.6 Å². The molecule has 0 bridgehead atoms. The number of ether oxygens (including phenoxy) is 2. The van der Waals surface area contributed by atoms with Crippen molar-refractivity contribution >= 4 is 5.97 Å². The lowest BCUT2D eigenvalue weighted by atomic mass is 10.0. The first kappa shape index (κ1) is 9.89. The van der Waals surface area contributed by atoms with Gasteiger partial charge in [-0.05, 0) is 13.1 Å². The highest BCUT2D eigenvalue weighted by molar-refractivity contribution is 5.76. The van der Waals surface area contributed by atoms with E-state index >= 15 is 0 Å². The van der Waals surface area contributed by atoms with Crippen molar-refractivity contribution in [1.29, 1.82) is 0 Å². The average Bonchev–Trinajstić information content (AvgIpc) is 2.62. The molecule has 2 N–H and O–H groups in total. The quantitative estimate of drug-likeness (QED) is 0.544. The molecule has 2 aliphatic heterocycles. The van der Waals surface area contributed by atoms with Gasteiger partial charge in [0.25, 0.3) is 0 Å². The minimum atomic E-state index is -0.293. The van der Waals surface area contributed by atoms with E-state index < -0.39 is 0 Å². The monoisotopic (exact) mass is 200 g/mol. The van der Waals surface area contributed by atoms with Gasteiger partial charge in [0.1, 0.15) is 11.8 Å². The molecule has 1 spiro atoms. The zero-order valence-electron chi connectivity index (χ0n) is 8.34. The van der Waals surface area contributed by atoms with Crippen molar-refractivity contribution in [1.82, 2.24) is 10.6 Å². The Bertz CT molecular complexity index is 226. The van der Waals surface area contributed by atoms with Crippen LogP contribution in [0, 0.1) is 0 Å². The summed E-state index contributed by atoms with van der Waals surface area (Å²) in [5.41, 5.74) is -0.288. The fourth-order valence-corrected chi connectivity index (χ4v) is 2.03. The lowest BCUT2D eigenvalue weighted by Crippen LogP contribution is -2.52. The molecule has 2 saturated heterocycles. The van der Waals surface area contributed by atoms with Crippen LogP contribution in [0.1, 0.15) is 12.8 Å². The van der Waals surface area contributed by atoms with Crippen LogP contribution in [0.4, 0.5) is 0 Å². The van der Waals surface area contributed by atoms with Crippen molar-refractivity contribution in [2.45, 2.75) is 24.6 Å². The van der Waals surface area contributed by atoms with Gasteiger partial charge in [-0.3, -0.25) is 10.1 Å². The van der Waals surface area contributed by atoms with Crippen LogP contribution in [0.5, 0.6) is 0 Å². The van der Waals surface area contributed by atoms with Crippen LogP contribution in [-0.4, -0.2) is 44.5 Å². The van der Waals surface area contributed by atoms with Crippen LogP contribution in [0.3, 0.4) is 0 Å². The first-order chi connectivity index (χ1) is 6.76. The van der Waals surface area contributed by atoms with E-state index in [0.29, 0.717) is 6.61 Å². The Labute approximate surface area is 83.1 Å². The van der Waals surface area contributed by atoms with Crippen molar-refractivity contribution in [3.8, 4) is 0 Å². The summed E-state index contributed by atoms with van der Waals surface area (Å²) in [6, 6.07) is -0.293. The molecule has 0 amide bonds. The molecular formula is C9H16N2O3. The van der Waals surface area contributed by atoms with Gasteiger partial charge in [-0.15, -0.1) is 0 Å². The van der Waals surface area contributed by atoms with Crippen LogP contribution >= 0.6 is 0 Å². The Morgan fingerprint density at radius 1 is 1.50 bits per heavy atom. The third-order valence-corrected chi connectivity index (χ3v) is 2.86. The average molecular weight is 200 g/mol. The molecule has 2 aliphatic rings. The SMILES string of the molecule is COC(=O)C1COC2(CCNCC2)N1. The highest BCUT2D eigenvalue weighted by atomic mass is 16.5. The standard InChI is InChI=1S/C9H16N2O3/c1-13-8(12)7-6-14-9(11-7)2-4-10-5-3-9/h7,10-11H,2-6H2,1H3. The van der Waals surface area contributed by atoms with Gasteiger partial charge in [-0.2, -0.15) is 0 Å². The molecule has 0 saturated carbocycles. The largest absolute Gasteiger partial charge is 0.468 e. The Balaban J connectivity index is 1.95. The van der Waals surface area contributed by atoms with Gasteiger partial charge in [0.15, 0.2) is 0 Å². The maximum Gasteiger partial charge on any atom is 0.325 e. The molecule has 0 aliphatic carbocycles. The highest BCUT2D eigenvalue weighted by Crippen LogP contribution is 2.25. The normalized spacial score (nSPS) is 30.5. The van der Waals surface area contributed by atoms with E-state index in [1.165, 1.54) is 7.11 Å². The molecule has 0 radical (unpaired) electrons. The maximum absolute atomic E-state index is 11.3. The van der Waals surface area contributed by atoms with Crippen molar-refractivity contribution in [2.75, 3.05) is 26.8 Å². The predicted octanol–water partition coefficient (Wildman–Crippen LogP) is -0.772. The molecule has 0 aromatic carbocycles. The van der Waals surface area contributed by atoms with Gasteiger partial charge in [0.05, 0.1) is 13.7 Å². The van der Waals surface area contributed by atoms with Crippen molar-refractivity contribution in [3.05, 3.63) is 0 Å². The fourth-order valence-electron chi connectivity index (χ4n) is 2.03. The van der Waals surface area contributed by atoms with Crippen LogP contribution in [0.25, 0.3) is 0 Å². The second-order valence-electron chi connectivity index (χ2n) is 3.78. The number of methoxy groups -OCH3 is 1. The van der Waals surface area contributed by atoms with E-state index in [1.807, 2.05) is 0 Å². The van der Waals surface area contributed by atoms with E-state index in [-0.39, 0.29) is 17.7 Å². The number of piperidine rings is 1. The number of rotatable bonds is 1. The molecule has 5 heteroatoms. The molecule has 1 atom stereocenters. The first-order valence-electron chi connectivity index (χ1n) is 4.96. The number of hydrogen-bond donors (Lipinski definition) is 2. The minimum absolute atomic E-state index is 0.236. The maximum atomic E-state index is 11.3. The second-order valence-corrected chi connectivity index (χ2v) is 3.78. The molecular weight excluding hydrogens is 184 g/mol. The van der Waals surface area contributed by atoms with E-state index in [4.69, 9.17) is 4.74 Å². The Morgan fingerprint density at radius 3 is 2.86 bits per heavy atom. The summed E-state index contributed by atoms with van der Waals surface area (Å²) in [5.74, 6) is -0.236. The zero-order valence-corrected chi connectivity index (χ0v) is 8.34. The van der Waals surface area contributed by atoms with Gasteiger partial charge in [-0.1, -0.05) is 0 Å². The summed E-state index contributed by atoms with van der Waals surface area (Å²) in [7, 11) is 1.40. The lowest BCUT2D eigenvalue weighted by molar-refractivity contribution is -0.142. The minimum Gasteiger partial charge on any atom is -0.468 e. The number of carbonyl (C=O) groups excluding carboxylic acids is 1. The third-order valence-electron chi connectivity index (χ3n) is 2.86. The molecule has 1 unspecified atom stereocenters. The van der Waals surface area contributed by atoms with Gasteiger partial charge < -0.3 is 14.8 Å². The van der Waals surface area contributed by atoms with Gasteiger partial charge >= 0.3 is 5.97 Å². The molecule has 2 fully saturated rings. The number of esters is 1. The zero-order chi connectivity index (χ0) is 10.0. The number of carbonyl (C=O) groups is 1. The Kier molecular flexibility index (Phi) is 2.71. The molecule has 2 rings (SSSR count). The van der Waals surface area contributed by atoms with Crippen LogP contribution in [0.15, 0.2) is 0 Å². The molecule has 0 aromatic heterocycles. The first-order valence-corrected chi connectivity index (χ1v) is 4.96.